The van der Waals surface area contributed by atoms with Crippen LogP contribution in [0, 0.1) is 0 Å². The molecule has 0 bridgehead atoms. The van der Waals surface area contributed by atoms with Crippen molar-refractivity contribution in [1.82, 2.24) is 0 Å². The van der Waals surface area contributed by atoms with E-state index in [0.29, 0.717) is 0 Å². The molecule has 13 heteroatoms. The van der Waals surface area contributed by atoms with Crippen molar-refractivity contribution < 1.29 is 76.7 Å². The molecule has 35 heavy (non-hydrogen) atoms. The predicted octanol–water partition coefficient (Wildman–Crippen LogP) is 1.53. The van der Waals surface area contributed by atoms with E-state index < -0.39 is 35.8 Å². The van der Waals surface area contributed by atoms with E-state index in [9.17, 15) is 28.8 Å². The van der Waals surface area contributed by atoms with E-state index in [0.717, 1.165) is 14.2 Å². The quantitative estimate of drug-likeness (QED) is 0.210. The Morgan fingerprint density at radius 1 is 0.457 bits per heavy atom. The number of carbonyl (C=O) groups is 6. The smallest absolute Gasteiger partial charge is 0.303 e. The zero-order valence-electron chi connectivity index (χ0n) is 19.5. The van der Waals surface area contributed by atoms with Crippen molar-refractivity contribution in [3.63, 3.8) is 0 Å². The molecule has 0 spiro atoms. The summed E-state index contributed by atoms with van der Waals surface area (Å²) in [5, 5.41) is 0. The van der Waals surface area contributed by atoms with Crippen molar-refractivity contribution in [3.05, 3.63) is 57.6 Å². The average Bonchev–Trinajstić information content (AvgIpc) is 3.51. The maximum atomic E-state index is 11.5. The number of hydrogen-bond acceptors (Lipinski definition) is 12. The van der Waals surface area contributed by atoms with Crippen LogP contribution in [0.5, 0.6) is 0 Å². The van der Waals surface area contributed by atoms with Gasteiger partial charge in [0.1, 0.15) is 0 Å². The summed E-state index contributed by atoms with van der Waals surface area (Å²) in [5.41, 5.74) is -0.406. The van der Waals surface area contributed by atoms with Crippen LogP contribution in [-0.4, -0.2) is 78.5 Å². The van der Waals surface area contributed by atoms with E-state index in [1.54, 1.807) is 0 Å². The molecule has 0 amide bonds. The molecule has 12 nitrogen and oxygen atoms in total. The van der Waals surface area contributed by atoms with Crippen molar-refractivity contribution in [2.75, 3.05) is 42.7 Å². The van der Waals surface area contributed by atoms with E-state index in [4.69, 9.17) is 0 Å². The van der Waals surface area contributed by atoms with Gasteiger partial charge >= 0.3 is 11.9 Å². The minimum Gasteiger partial charge on any atom is -0.500 e. The van der Waals surface area contributed by atoms with E-state index in [1.165, 1.54) is 52.7 Å². The van der Waals surface area contributed by atoms with Crippen LogP contribution >= 0.6 is 0 Å². The van der Waals surface area contributed by atoms with Crippen molar-refractivity contribution in [2.24, 2.45) is 0 Å². The first-order valence-electron chi connectivity index (χ1n) is 9.22. The van der Waals surface area contributed by atoms with Gasteiger partial charge in [-0.3, -0.25) is 28.8 Å². The van der Waals surface area contributed by atoms with E-state index in [1.807, 2.05) is 0 Å². The molecule has 2 aromatic rings. The largest absolute Gasteiger partial charge is 0.500 e. The van der Waals surface area contributed by atoms with Crippen LogP contribution in [0.25, 0.3) is 0 Å². The van der Waals surface area contributed by atoms with Gasteiger partial charge in [0.25, 0.3) is 23.9 Å². The molecule has 0 aliphatic carbocycles. The first-order valence-corrected chi connectivity index (χ1v) is 9.22. The van der Waals surface area contributed by atoms with Gasteiger partial charge in [0.15, 0.2) is 0 Å². The van der Waals surface area contributed by atoms with Crippen LogP contribution in [0.1, 0.15) is 62.1 Å². The van der Waals surface area contributed by atoms with Crippen LogP contribution in [-0.2, 0) is 47.9 Å². The monoisotopic (exact) mass is 581 g/mol. The van der Waals surface area contributed by atoms with Gasteiger partial charge in [-0.25, -0.2) is 0 Å². The van der Waals surface area contributed by atoms with Crippen molar-refractivity contribution in [3.8, 4) is 0 Å². The third-order valence-corrected chi connectivity index (χ3v) is 4.31. The number of esters is 6. The number of hydrogen-bond donors (Lipinski definition) is 0. The Balaban J connectivity index is 0.000000642. The molecule has 1 radical (unpaired) electrons. The minimum absolute atomic E-state index is 0. The molecular formula is C22H22O12Rh-2. The molecule has 0 heterocycles. The van der Waals surface area contributed by atoms with Gasteiger partial charge in [0.05, 0.1) is 42.7 Å². The Bertz CT molecular complexity index is 939. The number of carbonyl (C=O) groups excluding carboxylic acids is 6. The Hall–Kier alpha value is -3.86. The molecular weight excluding hydrogens is 559 g/mol. The normalized spacial score (nSPS) is 9.31. The first-order chi connectivity index (χ1) is 16.1. The summed E-state index contributed by atoms with van der Waals surface area (Å²) in [6, 6.07) is 5.24. The summed E-state index contributed by atoms with van der Waals surface area (Å²) in [4.78, 5) is 68.6. The minimum atomic E-state index is -0.796. The van der Waals surface area contributed by atoms with Crippen molar-refractivity contribution >= 4 is 35.8 Å². The van der Waals surface area contributed by atoms with E-state index in [-0.39, 0.29) is 52.9 Å². The van der Waals surface area contributed by atoms with Crippen molar-refractivity contribution in [2.45, 2.75) is 0 Å². The molecule has 0 atom stereocenters. The Morgan fingerprint density at radius 2 is 0.657 bits per heavy atom. The summed E-state index contributed by atoms with van der Waals surface area (Å²) in [6.45, 7) is 0. The van der Waals surface area contributed by atoms with Crippen LogP contribution in [0.4, 0.5) is 0 Å². The van der Waals surface area contributed by atoms with Gasteiger partial charge in [0.2, 0.25) is 0 Å². The average molecular weight is 581 g/mol. The molecule has 0 aromatic heterocycles. The fourth-order valence-corrected chi connectivity index (χ4v) is 2.72. The van der Waals surface area contributed by atoms with E-state index in [2.05, 4.69) is 28.4 Å². The van der Waals surface area contributed by atoms with Crippen molar-refractivity contribution in [1.29, 1.82) is 0 Å². The summed E-state index contributed by atoms with van der Waals surface area (Å²) < 4.78 is 27.0. The second-order valence-corrected chi connectivity index (χ2v) is 6.02. The SMILES string of the molecule is COC(=O)c1ccc(C(=O)OC)[c-]1C(=O)OC.COC(=O)c1ccc(C(=O)OC)[c-]1C(=O)OC.[Rh]. The summed E-state index contributed by atoms with van der Waals surface area (Å²) in [5.74, 6) is -4.48. The van der Waals surface area contributed by atoms with Gasteiger partial charge in [0, 0.05) is 30.6 Å². The molecule has 2 rings (SSSR count). The maximum absolute atomic E-state index is 11.5. The standard InChI is InChI=1S/2C11H11O6.Rh/c2*1-15-9(12)6-4-5-7(10(13)16-2)8(6)11(14)17-3;/h2*4-5H,1-3H3;/q2*-1;. The maximum Gasteiger partial charge on any atom is 0.303 e. The third-order valence-electron chi connectivity index (χ3n) is 4.31. The fraction of sp³-hybridized carbons (Fsp3) is 0.273. The molecule has 0 N–H and O–H groups in total. The molecule has 0 aliphatic heterocycles. The molecule has 2 aromatic carbocycles. The Kier molecular flexibility index (Phi) is 12.8. The number of methoxy groups -OCH3 is 6. The van der Waals surface area contributed by atoms with Gasteiger partial charge < -0.3 is 28.4 Å². The molecule has 0 saturated carbocycles. The van der Waals surface area contributed by atoms with Crippen LogP contribution in [0.2, 0.25) is 0 Å². The predicted molar refractivity (Wildman–Crippen MR) is 112 cm³/mol. The topological polar surface area (TPSA) is 158 Å². The molecule has 0 aliphatic rings. The second-order valence-electron chi connectivity index (χ2n) is 6.02. The van der Waals surface area contributed by atoms with E-state index >= 15 is 0 Å². The van der Waals surface area contributed by atoms with Crippen LogP contribution in [0.15, 0.2) is 24.3 Å². The second kappa shape index (κ2) is 14.4. The zero-order valence-corrected chi connectivity index (χ0v) is 21.2. The fourth-order valence-electron chi connectivity index (χ4n) is 2.72. The van der Waals surface area contributed by atoms with Gasteiger partial charge in [-0.15, -0.1) is 24.3 Å². The summed E-state index contributed by atoms with van der Waals surface area (Å²) in [6.07, 6.45) is 0. The number of ether oxygens (including phenoxy) is 6. The van der Waals surface area contributed by atoms with Crippen LogP contribution < -0.4 is 0 Å². The van der Waals surface area contributed by atoms with Gasteiger partial charge in [-0.1, -0.05) is 0 Å². The Morgan fingerprint density at radius 3 is 0.800 bits per heavy atom. The summed E-state index contributed by atoms with van der Waals surface area (Å²) >= 11 is 0. The molecule has 193 valence electrons. The van der Waals surface area contributed by atoms with Gasteiger partial charge in [-0.2, -0.15) is 0 Å². The number of rotatable bonds is 6. The van der Waals surface area contributed by atoms with Crippen LogP contribution in [0.3, 0.4) is 0 Å². The summed E-state index contributed by atoms with van der Waals surface area (Å²) in [7, 11) is 7.00. The zero-order chi connectivity index (χ0) is 26.0. The molecule has 0 saturated heterocycles. The molecule has 0 fully saturated rings. The Labute approximate surface area is 212 Å². The molecule has 0 unspecified atom stereocenters. The van der Waals surface area contributed by atoms with Gasteiger partial charge in [-0.05, 0) is 22.3 Å². The first kappa shape index (κ1) is 31.1. The third kappa shape index (κ3) is 7.06.